The number of benzene rings is 1. The van der Waals surface area contributed by atoms with E-state index in [1.807, 2.05) is 6.92 Å². The summed E-state index contributed by atoms with van der Waals surface area (Å²) >= 11 is 1.40. The van der Waals surface area contributed by atoms with E-state index < -0.39 is 0 Å². The summed E-state index contributed by atoms with van der Waals surface area (Å²) in [5.41, 5.74) is 0.895. The van der Waals surface area contributed by atoms with Gasteiger partial charge in [-0.15, -0.1) is 11.3 Å². The fourth-order valence-electron chi connectivity index (χ4n) is 1.56. The number of carbonyl (C=O) groups excluding carboxylic acids is 2. The minimum Gasteiger partial charge on any atom is -0.326 e. The molecule has 1 heterocycles. The molecule has 2 N–H and O–H groups in total. The zero-order valence-electron chi connectivity index (χ0n) is 10.6. The molecule has 0 atom stereocenters. The van der Waals surface area contributed by atoms with Crippen molar-refractivity contribution in [1.82, 2.24) is 4.98 Å². The number of para-hydroxylation sites is 1. The third-order valence-electron chi connectivity index (χ3n) is 2.32. The van der Waals surface area contributed by atoms with Crippen LogP contribution >= 0.6 is 11.3 Å². The average molecular weight is 275 g/mol. The number of nitrogens with one attached hydrogen (secondary N) is 2. The average Bonchev–Trinajstić information content (AvgIpc) is 2.74. The molecule has 0 fully saturated rings. The van der Waals surface area contributed by atoms with Crippen LogP contribution in [-0.4, -0.2) is 16.8 Å². The monoisotopic (exact) mass is 275 g/mol. The summed E-state index contributed by atoms with van der Waals surface area (Å²) in [6, 6.07) is 6.84. The van der Waals surface area contributed by atoms with E-state index in [-0.39, 0.29) is 11.8 Å². The van der Waals surface area contributed by atoms with Crippen molar-refractivity contribution in [2.24, 2.45) is 0 Å². The van der Waals surface area contributed by atoms with E-state index in [2.05, 4.69) is 15.6 Å². The number of nitrogens with zero attached hydrogens (tertiary/aromatic N) is 1. The van der Waals surface area contributed by atoms with Gasteiger partial charge in [0.1, 0.15) is 0 Å². The Morgan fingerprint density at radius 3 is 2.58 bits per heavy atom. The number of hydrogen-bond acceptors (Lipinski definition) is 4. The van der Waals surface area contributed by atoms with Crippen molar-refractivity contribution >= 4 is 34.0 Å². The van der Waals surface area contributed by atoms with Crippen molar-refractivity contribution in [3.63, 3.8) is 0 Å². The summed E-state index contributed by atoms with van der Waals surface area (Å²) in [7, 11) is 0. The van der Waals surface area contributed by atoms with Gasteiger partial charge in [0.2, 0.25) is 5.91 Å². The molecule has 0 bridgehead atoms. The van der Waals surface area contributed by atoms with E-state index in [1.54, 1.807) is 30.5 Å². The van der Waals surface area contributed by atoms with Gasteiger partial charge in [-0.3, -0.25) is 14.9 Å². The van der Waals surface area contributed by atoms with Crippen LogP contribution in [0, 0.1) is 6.92 Å². The summed E-state index contributed by atoms with van der Waals surface area (Å²) in [4.78, 5) is 28.3. The largest absolute Gasteiger partial charge is 0.326 e. The smallest absolute Gasteiger partial charge is 0.259 e. The van der Waals surface area contributed by atoms with Crippen molar-refractivity contribution in [2.45, 2.75) is 13.8 Å². The van der Waals surface area contributed by atoms with E-state index in [0.717, 1.165) is 4.88 Å². The number of rotatable bonds is 3. The van der Waals surface area contributed by atoms with Crippen LogP contribution in [0.1, 0.15) is 22.2 Å². The lowest BCUT2D eigenvalue weighted by Gasteiger charge is -2.08. The Hall–Kier alpha value is -2.21. The molecule has 5 nitrogen and oxygen atoms in total. The second kappa shape index (κ2) is 5.62. The third kappa shape index (κ3) is 3.38. The second-order valence-corrected chi connectivity index (χ2v) is 5.19. The highest BCUT2D eigenvalue weighted by atomic mass is 32.1. The molecule has 1 aromatic heterocycles. The quantitative estimate of drug-likeness (QED) is 0.904. The predicted molar refractivity (Wildman–Crippen MR) is 75.5 cm³/mol. The maximum absolute atomic E-state index is 12.1. The Kier molecular flexibility index (Phi) is 3.91. The number of thiazole rings is 1. The first-order valence-electron chi connectivity index (χ1n) is 5.66. The summed E-state index contributed by atoms with van der Waals surface area (Å²) in [5, 5.41) is 5.88. The number of anilines is 2. The number of hydrogen-bond donors (Lipinski definition) is 2. The van der Waals surface area contributed by atoms with Gasteiger partial charge in [-0.1, -0.05) is 12.1 Å². The maximum Gasteiger partial charge on any atom is 0.259 e. The van der Waals surface area contributed by atoms with Crippen LogP contribution in [-0.2, 0) is 4.79 Å². The minimum atomic E-state index is -0.293. The van der Waals surface area contributed by atoms with E-state index in [1.165, 1.54) is 18.3 Å². The van der Waals surface area contributed by atoms with Crippen LogP contribution < -0.4 is 10.6 Å². The Morgan fingerprint density at radius 1 is 1.21 bits per heavy atom. The fraction of sp³-hybridized carbons (Fsp3) is 0.154. The molecular weight excluding hydrogens is 262 g/mol. The molecule has 2 rings (SSSR count). The first-order valence-corrected chi connectivity index (χ1v) is 6.48. The zero-order valence-corrected chi connectivity index (χ0v) is 11.4. The van der Waals surface area contributed by atoms with Crippen LogP contribution in [0.2, 0.25) is 0 Å². The zero-order chi connectivity index (χ0) is 13.8. The number of carbonyl (C=O) groups is 2. The summed E-state index contributed by atoms with van der Waals surface area (Å²) < 4.78 is 0. The van der Waals surface area contributed by atoms with E-state index >= 15 is 0 Å². The first kappa shape index (κ1) is 13.2. The standard InChI is InChI=1S/C13H13N3O2S/c1-8-7-14-13(19-8)16-12(18)10-5-3-4-6-11(10)15-9(2)17/h3-7H,1-2H3,(H,15,17)(H,14,16,18). The molecule has 0 saturated heterocycles. The molecule has 0 unspecified atom stereocenters. The van der Waals surface area contributed by atoms with Gasteiger partial charge < -0.3 is 5.32 Å². The molecule has 0 radical (unpaired) electrons. The normalized spacial score (nSPS) is 10.0. The Morgan fingerprint density at radius 2 is 1.95 bits per heavy atom. The molecule has 98 valence electrons. The van der Waals surface area contributed by atoms with Gasteiger partial charge in [-0.25, -0.2) is 4.98 Å². The van der Waals surface area contributed by atoms with Crippen LogP contribution in [0.15, 0.2) is 30.5 Å². The maximum atomic E-state index is 12.1. The first-order chi connectivity index (χ1) is 9.06. The molecular formula is C13H13N3O2S. The Bertz CT molecular complexity index is 622. The highest BCUT2D eigenvalue weighted by Crippen LogP contribution is 2.20. The molecule has 0 aliphatic heterocycles. The van der Waals surface area contributed by atoms with Crippen LogP contribution in [0.4, 0.5) is 10.8 Å². The molecule has 19 heavy (non-hydrogen) atoms. The van der Waals surface area contributed by atoms with Gasteiger partial charge in [0.25, 0.3) is 5.91 Å². The highest BCUT2D eigenvalue weighted by Gasteiger charge is 2.13. The molecule has 0 aliphatic carbocycles. The summed E-state index contributed by atoms with van der Waals surface area (Å²) in [6.07, 6.45) is 1.69. The third-order valence-corrected chi connectivity index (χ3v) is 3.15. The van der Waals surface area contributed by atoms with Crippen LogP contribution in [0.5, 0.6) is 0 Å². The summed E-state index contributed by atoms with van der Waals surface area (Å²) in [6.45, 7) is 3.32. The lowest BCUT2D eigenvalue weighted by atomic mass is 10.1. The number of aryl methyl sites for hydroxylation is 1. The molecule has 2 aromatic rings. The SMILES string of the molecule is CC(=O)Nc1ccccc1C(=O)Nc1ncc(C)s1. The van der Waals surface area contributed by atoms with E-state index in [0.29, 0.717) is 16.4 Å². The molecule has 0 aliphatic rings. The van der Waals surface area contributed by atoms with Crippen LogP contribution in [0.3, 0.4) is 0 Å². The van der Waals surface area contributed by atoms with Crippen molar-refractivity contribution in [3.8, 4) is 0 Å². The minimum absolute atomic E-state index is 0.217. The molecule has 0 spiro atoms. The number of aromatic nitrogens is 1. The molecule has 2 amide bonds. The van der Waals surface area contributed by atoms with Crippen molar-refractivity contribution in [2.75, 3.05) is 10.6 Å². The van der Waals surface area contributed by atoms with Crippen molar-refractivity contribution < 1.29 is 9.59 Å². The van der Waals surface area contributed by atoms with Crippen molar-refractivity contribution in [1.29, 1.82) is 0 Å². The second-order valence-electron chi connectivity index (χ2n) is 3.96. The molecule has 1 aromatic carbocycles. The van der Waals surface area contributed by atoms with Gasteiger partial charge in [0.15, 0.2) is 5.13 Å². The Labute approximate surface area is 114 Å². The van der Waals surface area contributed by atoms with Gasteiger partial charge in [0, 0.05) is 18.0 Å². The van der Waals surface area contributed by atoms with Gasteiger partial charge in [0.05, 0.1) is 11.3 Å². The predicted octanol–water partition coefficient (Wildman–Crippen LogP) is 2.66. The van der Waals surface area contributed by atoms with E-state index in [9.17, 15) is 9.59 Å². The van der Waals surface area contributed by atoms with Gasteiger partial charge >= 0.3 is 0 Å². The topological polar surface area (TPSA) is 71.1 Å². The molecule has 6 heteroatoms. The lowest BCUT2D eigenvalue weighted by Crippen LogP contribution is -2.16. The van der Waals surface area contributed by atoms with E-state index in [4.69, 9.17) is 0 Å². The highest BCUT2D eigenvalue weighted by molar-refractivity contribution is 7.15. The summed E-state index contributed by atoms with van der Waals surface area (Å²) in [5.74, 6) is -0.510. The fourth-order valence-corrected chi connectivity index (χ4v) is 2.22. The Balaban J connectivity index is 2.21. The van der Waals surface area contributed by atoms with Crippen LogP contribution in [0.25, 0.3) is 0 Å². The number of amides is 2. The van der Waals surface area contributed by atoms with Gasteiger partial charge in [-0.05, 0) is 19.1 Å². The molecule has 0 saturated carbocycles. The lowest BCUT2D eigenvalue weighted by molar-refractivity contribution is -0.114. The van der Waals surface area contributed by atoms with Crippen molar-refractivity contribution in [3.05, 3.63) is 40.9 Å². The van der Waals surface area contributed by atoms with Gasteiger partial charge in [-0.2, -0.15) is 0 Å².